The zero-order valence-corrected chi connectivity index (χ0v) is 31.5. The molecule has 3 heterocycles. The zero-order valence-electron chi connectivity index (χ0n) is 27.1. The van der Waals surface area contributed by atoms with E-state index in [1.54, 1.807) is 0 Å². The van der Waals surface area contributed by atoms with Gasteiger partial charge in [-0.3, -0.25) is 0 Å². The van der Waals surface area contributed by atoms with Crippen LogP contribution in [0.1, 0.15) is 19.4 Å². The summed E-state index contributed by atoms with van der Waals surface area (Å²) in [5.74, 6) is 0.667. The van der Waals surface area contributed by atoms with Crippen molar-refractivity contribution in [3.05, 3.63) is 109 Å². The maximum absolute atomic E-state index is 6.25. The Bertz CT molecular complexity index is 1840. The van der Waals surface area contributed by atoms with Gasteiger partial charge in [0.05, 0.1) is 16.1 Å². The predicted octanol–water partition coefficient (Wildman–Crippen LogP) is 9.28. The Labute approximate surface area is 278 Å². The van der Waals surface area contributed by atoms with Crippen LogP contribution in [0.5, 0.6) is 0 Å². The molecule has 6 heteroatoms. The number of benzene rings is 3. The molecular weight excluding hydrogens is 749 g/mol. The maximum atomic E-state index is 6.25. The third-order valence-electron chi connectivity index (χ3n) is 7.59. The van der Waals surface area contributed by atoms with Gasteiger partial charge in [0.2, 0.25) is 0 Å². The average Bonchev–Trinajstić information content (AvgIpc) is 3.35. The summed E-state index contributed by atoms with van der Waals surface area (Å²) >= 11 is 0. The van der Waals surface area contributed by atoms with E-state index in [9.17, 15) is 0 Å². The average molecular weight is 791 g/mol. The molecule has 3 aromatic heterocycles. The van der Waals surface area contributed by atoms with Crippen molar-refractivity contribution in [3.8, 4) is 22.5 Å². The van der Waals surface area contributed by atoms with Crippen LogP contribution < -0.4 is 10.4 Å². The van der Waals surface area contributed by atoms with E-state index in [1.807, 2.05) is 54.7 Å². The smallest absolute Gasteiger partial charge is 0.134 e. The fraction of sp³-hybridized carbons (Fsp3) is 0.263. The second kappa shape index (κ2) is 13.9. The molecule has 44 heavy (non-hydrogen) atoms. The summed E-state index contributed by atoms with van der Waals surface area (Å²) in [4.78, 5) is 9.30. The molecule has 0 unspecified atom stereocenters. The molecule has 0 fully saturated rings. The monoisotopic (exact) mass is 791 g/mol. The molecule has 0 atom stereocenters. The third-order valence-corrected chi connectivity index (χ3v) is 11.7. The SMILES string of the molecule is CC(C)Cc1cc(-c2[c-]cccc2)ncc1[Si](C)(C)C.C[Si](C)(C)c1cccc2c1oc1cc(-c3[c-]cccc3)ncc12.[Ir]. The van der Waals surface area contributed by atoms with Gasteiger partial charge in [0, 0.05) is 43.3 Å². The van der Waals surface area contributed by atoms with E-state index in [-0.39, 0.29) is 20.1 Å². The van der Waals surface area contributed by atoms with Gasteiger partial charge >= 0.3 is 0 Å². The number of hydrogen-bond donors (Lipinski definition) is 0. The number of nitrogens with zero attached hydrogens (tertiary/aromatic N) is 2. The Morgan fingerprint density at radius 2 is 1.27 bits per heavy atom. The Morgan fingerprint density at radius 3 is 1.82 bits per heavy atom. The number of fused-ring (bicyclic) bond motifs is 3. The molecule has 6 rings (SSSR count). The topological polar surface area (TPSA) is 38.9 Å². The van der Waals surface area contributed by atoms with Crippen LogP contribution in [0.3, 0.4) is 0 Å². The van der Waals surface area contributed by atoms with Gasteiger partial charge < -0.3 is 14.4 Å². The molecule has 0 saturated heterocycles. The largest absolute Gasteiger partial charge is 0.457 e. The normalized spacial score (nSPS) is 11.8. The first-order valence-corrected chi connectivity index (χ1v) is 22.2. The van der Waals surface area contributed by atoms with Crippen LogP contribution in [0.4, 0.5) is 0 Å². The maximum Gasteiger partial charge on any atom is 0.134 e. The standard InChI is InChI=1S/C20H18NOSi.C18H24NSi.Ir/c1-23(2,3)19-11-7-10-15-16-13-21-17(12-18(16)22-20(15)19)14-8-5-4-6-9-14;1-14(2)11-16-12-17(15-9-7-6-8-10-15)19-13-18(16)20(3,4)5;/h4-8,10-13H,1-3H3;6-9,12-14H,11H2,1-5H3;/q2*-1;. The fourth-order valence-corrected chi connectivity index (χ4v) is 8.52. The molecule has 0 bridgehead atoms. The minimum absolute atomic E-state index is 0. The van der Waals surface area contributed by atoms with Crippen LogP contribution in [0, 0.1) is 18.1 Å². The van der Waals surface area contributed by atoms with Gasteiger partial charge in [-0.1, -0.05) is 83.0 Å². The summed E-state index contributed by atoms with van der Waals surface area (Å²) in [6.45, 7) is 18.8. The summed E-state index contributed by atoms with van der Waals surface area (Å²) in [6.07, 6.45) is 5.16. The molecule has 0 aliphatic rings. The van der Waals surface area contributed by atoms with E-state index in [0.717, 1.165) is 50.9 Å². The minimum Gasteiger partial charge on any atom is -0.457 e. The van der Waals surface area contributed by atoms with E-state index in [2.05, 4.69) is 112 Å². The Hall–Kier alpha value is -3.16. The van der Waals surface area contributed by atoms with E-state index < -0.39 is 16.1 Å². The first-order chi connectivity index (χ1) is 20.4. The number of furan rings is 1. The van der Waals surface area contributed by atoms with E-state index in [1.165, 1.54) is 15.9 Å². The molecule has 0 spiro atoms. The second-order valence-corrected chi connectivity index (χ2v) is 23.8. The first kappa shape index (κ1) is 33.7. The molecule has 0 aliphatic heterocycles. The summed E-state index contributed by atoms with van der Waals surface area (Å²) in [5, 5.41) is 5.10. The van der Waals surface area contributed by atoms with Crippen molar-refractivity contribution < 1.29 is 24.5 Å². The van der Waals surface area contributed by atoms with Crippen LogP contribution in [-0.2, 0) is 26.5 Å². The summed E-state index contributed by atoms with van der Waals surface area (Å²) in [7, 11) is -2.80. The molecule has 6 aromatic rings. The molecule has 1 radical (unpaired) electrons. The third kappa shape index (κ3) is 7.73. The van der Waals surface area contributed by atoms with Crippen molar-refractivity contribution in [1.82, 2.24) is 9.97 Å². The van der Waals surface area contributed by atoms with Crippen molar-refractivity contribution in [2.45, 2.75) is 59.6 Å². The van der Waals surface area contributed by atoms with Crippen molar-refractivity contribution in [1.29, 1.82) is 0 Å². The van der Waals surface area contributed by atoms with Gasteiger partial charge in [-0.15, -0.1) is 71.8 Å². The Balaban J connectivity index is 0.000000199. The molecular formula is C38H42IrN2OSi2-2. The zero-order chi connectivity index (χ0) is 30.8. The Kier molecular flexibility index (Phi) is 10.6. The van der Waals surface area contributed by atoms with Crippen molar-refractivity contribution in [2.24, 2.45) is 5.92 Å². The van der Waals surface area contributed by atoms with Gasteiger partial charge in [-0.25, -0.2) is 0 Å². The quantitative estimate of drug-likeness (QED) is 0.125. The number of aromatic nitrogens is 2. The van der Waals surface area contributed by atoms with Gasteiger partial charge in [0.15, 0.2) is 0 Å². The molecule has 3 aromatic carbocycles. The van der Waals surface area contributed by atoms with Gasteiger partial charge in [-0.05, 0) is 40.2 Å². The Morgan fingerprint density at radius 1 is 0.682 bits per heavy atom. The van der Waals surface area contributed by atoms with Crippen molar-refractivity contribution >= 4 is 48.5 Å². The van der Waals surface area contributed by atoms with Crippen LogP contribution in [0.25, 0.3) is 44.5 Å². The molecule has 0 aliphatic carbocycles. The molecule has 0 amide bonds. The van der Waals surface area contributed by atoms with E-state index in [0.29, 0.717) is 5.92 Å². The number of pyridine rings is 2. The second-order valence-electron chi connectivity index (χ2n) is 13.7. The summed E-state index contributed by atoms with van der Waals surface area (Å²) in [5.41, 5.74) is 7.40. The van der Waals surface area contributed by atoms with Gasteiger partial charge in [0.25, 0.3) is 0 Å². The van der Waals surface area contributed by atoms with Crippen LogP contribution in [0.2, 0.25) is 39.3 Å². The van der Waals surface area contributed by atoms with E-state index >= 15 is 0 Å². The minimum atomic E-state index is -1.46. The van der Waals surface area contributed by atoms with Crippen LogP contribution >= 0.6 is 0 Å². The van der Waals surface area contributed by atoms with Crippen molar-refractivity contribution in [3.63, 3.8) is 0 Å². The summed E-state index contributed by atoms with van der Waals surface area (Å²) in [6, 6.07) is 33.2. The molecule has 229 valence electrons. The predicted molar refractivity (Wildman–Crippen MR) is 189 cm³/mol. The van der Waals surface area contributed by atoms with Crippen LogP contribution in [-0.4, -0.2) is 26.1 Å². The number of rotatable bonds is 6. The van der Waals surface area contributed by atoms with E-state index in [4.69, 9.17) is 4.42 Å². The number of hydrogen-bond acceptors (Lipinski definition) is 3. The van der Waals surface area contributed by atoms with Gasteiger partial charge in [0.1, 0.15) is 11.2 Å². The molecule has 3 nitrogen and oxygen atoms in total. The molecule has 0 saturated carbocycles. The first-order valence-electron chi connectivity index (χ1n) is 15.2. The number of para-hydroxylation sites is 1. The molecule has 0 N–H and O–H groups in total. The van der Waals surface area contributed by atoms with Crippen LogP contribution in [0.15, 0.2) is 95.7 Å². The van der Waals surface area contributed by atoms with Crippen molar-refractivity contribution in [2.75, 3.05) is 0 Å². The summed E-state index contributed by atoms with van der Waals surface area (Å²) < 4.78 is 6.25. The fourth-order valence-electron chi connectivity index (χ4n) is 5.46. The van der Waals surface area contributed by atoms with Gasteiger partial charge in [-0.2, -0.15) is 0 Å².